The van der Waals surface area contributed by atoms with E-state index in [2.05, 4.69) is 30.9 Å². The molecule has 0 aromatic carbocycles. The van der Waals surface area contributed by atoms with E-state index in [0.717, 1.165) is 64.6 Å². The molecule has 3 aliphatic heterocycles. The lowest BCUT2D eigenvalue weighted by molar-refractivity contribution is -0.196. The predicted octanol–water partition coefficient (Wildman–Crippen LogP) is 3.91. The summed E-state index contributed by atoms with van der Waals surface area (Å²) in [5.41, 5.74) is 0. The van der Waals surface area contributed by atoms with E-state index in [-0.39, 0.29) is 42.7 Å². The molecule has 31 heavy (non-hydrogen) atoms. The van der Waals surface area contributed by atoms with Crippen LogP contribution in [0.25, 0.3) is 0 Å². The highest BCUT2D eigenvalue weighted by molar-refractivity contribution is 5.10. The molecule has 0 amide bonds. The van der Waals surface area contributed by atoms with Gasteiger partial charge in [0.2, 0.25) is 0 Å². The van der Waals surface area contributed by atoms with E-state index < -0.39 is 6.29 Å². The summed E-state index contributed by atoms with van der Waals surface area (Å²) in [5, 5.41) is 10.0. The molecule has 6 nitrogen and oxygen atoms in total. The standard InChI is InChI=1S/C25H38O6/c1-2-3-4-9-18(29-24-10-5-7-14-27-24)12-13-19-20-16-23(26)30-22(20)17-21(19)31-25-11-6-8-15-28-25/h12-13,18-26H,2,5-11,14-17H2,1H3/b13-12+/t18-,19+,20+,21+,22-,23?,24?,25?/m0/s1. The van der Waals surface area contributed by atoms with Crippen LogP contribution < -0.4 is 0 Å². The monoisotopic (exact) mass is 434 g/mol. The molecule has 3 heterocycles. The Hall–Kier alpha value is -0.940. The van der Waals surface area contributed by atoms with Crippen molar-refractivity contribution < 1.29 is 28.8 Å². The number of aliphatic hydroxyl groups excluding tert-OH is 1. The summed E-state index contributed by atoms with van der Waals surface area (Å²) in [4.78, 5) is 0. The van der Waals surface area contributed by atoms with Gasteiger partial charge in [-0.15, -0.1) is 11.8 Å². The molecule has 0 radical (unpaired) electrons. The lowest BCUT2D eigenvalue weighted by Crippen LogP contribution is -2.31. The zero-order chi connectivity index (χ0) is 21.5. The number of hydrogen-bond acceptors (Lipinski definition) is 6. The van der Waals surface area contributed by atoms with Gasteiger partial charge in [0.05, 0.1) is 18.3 Å². The maximum atomic E-state index is 10.0. The molecule has 174 valence electrons. The zero-order valence-corrected chi connectivity index (χ0v) is 18.7. The fourth-order valence-corrected chi connectivity index (χ4v) is 5.19. The maximum Gasteiger partial charge on any atom is 0.158 e. The zero-order valence-electron chi connectivity index (χ0n) is 18.7. The van der Waals surface area contributed by atoms with Crippen molar-refractivity contribution in [3.05, 3.63) is 12.2 Å². The summed E-state index contributed by atoms with van der Waals surface area (Å²) in [5.74, 6) is 6.81. The first-order chi connectivity index (χ1) is 15.2. The summed E-state index contributed by atoms with van der Waals surface area (Å²) >= 11 is 0. The second kappa shape index (κ2) is 11.8. The normalized spacial score (nSPS) is 39.2. The van der Waals surface area contributed by atoms with Crippen molar-refractivity contribution in [2.24, 2.45) is 11.8 Å². The van der Waals surface area contributed by atoms with Crippen molar-refractivity contribution in [3.63, 3.8) is 0 Å². The summed E-state index contributed by atoms with van der Waals surface area (Å²) in [6.45, 7) is 3.59. The number of aliphatic hydroxyl groups is 1. The first kappa shape index (κ1) is 23.2. The van der Waals surface area contributed by atoms with Gasteiger partial charge in [0, 0.05) is 44.8 Å². The van der Waals surface area contributed by atoms with Gasteiger partial charge >= 0.3 is 0 Å². The largest absolute Gasteiger partial charge is 0.368 e. The molecular formula is C25H38O6. The van der Waals surface area contributed by atoms with E-state index in [9.17, 15) is 5.11 Å². The van der Waals surface area contributed by atoms with Gasteiger partial charge in [-0.2, -0.15) is 0 Å². The maximum absolute atomic E-state index is 10.0. The van der Waals surface area contributed by atoms with E-state index >= 15 is 0 Å². The van der Waals surface area contributed by atoms with Crippen LogP contribution in [0, 0.1) is 23.7 Å². The van der Waals surface area contributed by atoms with Crippen LogP contribution in [0.3, 0.4) is 0 Å². The SMILES string of the molecule is CCC#CC[C@@H](/C=C/[C@@H]1[C@H]2CC(O)O[C@H]2C[C@H]1OC1CCCCO1)OC1CCCCO1. The van der Waals surface area contributed by atoms with E-state index in [1.165, 1.54) is 0 Å². The third-order valence-electron chi connectivity index (χ3n) is 6.75. The average molecular weight is 435 g/mol. The molecular weight excluding hydrogens is 396 g/mol. The van der Waals surface area contributed by atoms with Gasteiger partial charge in [-0.05, 0) is 44.4 Å². The van der Waals surface area contributed by atoms with Crippen molar-refractivity contribution in [2.45, 2.75) is 108 Å². The molecule has 4 aliphatic rings. The summed E-state index contributed by atoms with van der Waals surface area (Å²) < 4.78 is 30.0. The smallest absolute Gasteiger partial charge is 0.158 e. The third kappa shape index (κ3) is 6.54. The molecule has 8 atom stereocenters. The van der Waals surface area contributed by atoms with Gasteiger partial charge in [0.25, 0.3) is 0 Å². The number of fused-ring (bicyclic) bond motifs is 1. The molecule has 4 rings (SSSR count). The van der Waals surface area contributed by atoms with Crippen molar-refractivity contribution in [1.29, 1.82) is 0 Å². The first-order valence-electron chi connectivity index (χ1n) is 12.2. The second-order valence-electron chi connectivity index (χ2n) is 9.08. The van der Waals surface area contributed by atoms with E-state index in [4.69, 9.17) is 23.7 Å². The van der Waals surface area contributed by atoms with Crippen LogP contribution in [0.15, 0.2) is 12.2 Å². The Balaban J connectivity index is 1.43. The van der Waals surface area contributed by atoms with Gasteiger partial charge in [-0.3, -0.25) is 0 Å². The minimum atomic E-state index is -0.670. The highest BCUT2D eigenvalue weighted by atomic mass is 16.7. The van der Waals surface area contributed by atoms with Crippen LogP contribution in [-0.4, -0.2) is 55.5 Å². The van der Waals surface area contributed by atoms with Gasteiger partial charge in [0.15, 0.2) is 18.9 Å². The van der Waals surface area contributed by atoms with Gasteiger partial charge < -0.3 is 28.8 Å². The Bertz CT molecular complexity index is 628. The van der Waals surface area contributed by atoms with Crippen molar-refractivity contribution >= 4 is 0 Å². The van der Waals surface area contributed by atoms with Crippen LogP contribution >= 0.6 is 0 Å². The Labute approximate surface area is 186 Å². The highest BCUT2D eigenvalue weighted by Gasteiger charge is 2.49. The second-order valence-corrected chi connectivity index (χ2v) is 9.08. The van der Waals surface area contributed by atoms with E-state index in [0.29, 0.717) is 12.8 Å². The van der Waals surface area contributed by atoms with Crippen LogP contribution in [0.5, 0.6) is 0 Å². The van der Waals surface area contributed by atoms with Crippen LogP contribution in [-0.2, 0) is 23.7 Å². The predicted molar refractivity (Wildman–Crippen MR) is 116 cm³/mol. The Morgan fingerprint density at radius 3 is 2.52 bits per heavy atom. The topological polar surface area (TPSA) is 66.4 Å². The Morgan fingerprint density at radius 2 is 1.81 bits per heavy atom. The number of rotatable bonds is 7. The summed E-state index contributed by atoms with van der Waals surface area (Å²) in [6, 6.07) is 0. The lowest BCUT2D eigenvalue weighted by Gasteiger charge is -2.29. The molecule has 0 aromatic heterocycles. The molecule has 1 saturated carbocycles. The Kier molecular flexibility index (Phi) is 8.83. The quantitative estimate of drug-likeness (QED) is 0.484. The van der Waals surface area contributed by atoms with Crippen LogP contribution in [0.4, 0.5) is 0 Å². The molecule has 0 bridgehead atoms. The van der Waals surface area contributed by atoms with Crippen molar-refractivity contribution in [3.8, 4) is 11.8 Å². The highest BCUT2D eigenvalue weighted by Crippen LogP contribution is 2.45. The lowest BCUT2D eigenvalue weighted by atomic mass is 9.91. The van der Waals surface area contributed by atoms with Crippen molar-refractivity contribution in [1.82, 2.24) is 0 Å². The third-order valence-corrected chi connectivity index (χ3v) is 6.75. The molecule has 4 fully saturated rings. The molecule has 3 saturated heterocycles. The minimum Gasteiger partial charge on any atom is -0.368 e. The van der Waals surface area contributed by atoms with E-state index in [1.54, 1.807) is 0 Å². The summed E-state index contributed by atoms with van der Waals surface area (Å²) in [6.07, 6.45) is 12.7. The molecule has 3 unspecified atom stereocenters. The van der Waals surface area contributed by atoms with Gasteiger partial charge in [0.1, 0.15) is 0 Å². The fourth-order valence-electron chi connectivity index (χ4n) is 5.19. The first-order valence-corrected chi connectivity index (χ1v) is 12.2. The van der Waals surface area contributed by atoms with Crippen LogP contribution in [0.2, 0.25) is 0 Å². The van der Waals surface area contributed by atoms with Gasteiger partial charge in [-0.25, -0.2) is 0 Å². The average Bonchev–Trinajstić information content (AvgIpc) is 3.29. The van der Waals surface area contributed by atoms with Gasteiger partial charge in [-0.1, -0.05) is 19.1 Å². The van der Waals surface area contributed by atoms with Crippen molar-refractivity contribution in [2.75, 3.05) is 13.2 Å². The van der Waals surface area contributed by atoms with E-state index in [1.807, 2.05) is 0 Å². The molecule has 1 N–H and O–H groups in total. The fraction of sp³-hybridized carbons (Fsp3) is 0.840. The minimum absolute atomic E-state index is 0.0372. The molecule has 0 spiro atoms. The Morgan fingerprint density at radius 1 is 1.03 bits per heavy atom. The summed E-state index contributed by atoms with van der Waals surface area (Å²) in [7, 11) is 0. The van der Waals surface area contributed by atoms with Crippen LogP contribution in [0.1, 0.15) is 71.1 Å². The number of hydrogen-bond donors (Lipinski definition) is 1. The molecule has 0 aromatic rings. The molecule has 6 heteroatoms. The number of ether oxygens (including phenoxy) is 5. The molecule has 1 aliphatic carbocycles.